The maximum absolute atomic E-state index is 13.5. The number of nitriles is 1. The molecule has 0 aliphatic heterocycles. The molecule has 1 N–H and O–H groups in total. The molecule has 4 nitrogen and oxygen atoms in total. The molecule has 0 atom stereocenters. The summed E-state index contributed by atoms with van der Waals surface area (Å²) in [5.41, 5.74) is 0.106. The summed E-state index contributed by atoms with van der Waals surface area (Å²) in [5, 5.41) is 14.6. The molecule has 17 heavy (non-hydrogen) atoms. The zero-order chi connectivity index (χ0) is 12.4. The molecule has 0 spiro atoms. The Balaban J connectivity index is 2.41. The zero-order valence-electron chi connectivity index (χ0n) is 8.37. The molecular formula is C11H5BrFN3O. The highest BCUT2D eigenvalue weighted by Crippen LogP contribution is 2.17. The smallest absolute Gasteiger partial charge is 0.213 e. The lowest BCUT2D eigenvalue weighted by Crippen LogP contribution is -2.04. The summed E-state index contributed by atoms with van der Waals surface area (Å²) in [6.07, 6.45) is 0. The Bertz CT molecular complexity index is 630. The molecule has 1 heterocycles. The van der Waals surface area contributed by atoms with Gasteiger partial charge in [-0.25, -0.2) is 4.39 Å². The van der Waals surface area contributed by atoms with Gasteiger partial charge in [0.2, 0.25) is 5.78 Å². The van der Waals surface area contributed by atoms with Gasteiger partial charge in [0.15, 0.2) is 5.69 Å². The molecule has 6 heteroatoms. The van der Waals surface area contributed by atoms with Crippen molar-refractivity contribution in [2.75, 3.05) is 0 Å². The molecule has 2 rings (SSSR count). The van der Waals surface area contributed by atoms with Crippen molar-refractivity contribution in [2.24, 2.45) is 0 Å². The van der Waals surface area contributed by atoms with E-state index in [9.17, 15) is 9.18 Å². The fourth-order valence-corrected chi connectivity index (χ4v) is 1.65. The van der Waals surface area contributed by atoms with Crippen molar-refractivity contribution in [1.82, 2.24) is 10.2 Å². The Kier molecular flexibility index (Phi) is 3.02. The first-order chi connectivity index (χ1) is 8.11. The van der Waals surface area contributed by atoms with E-state index in [0.29, 0.717) is 4.47 Å². The summed E-state index contributed by atoms with van der Waals surface area (Å²) in [7, 11) is 0. The van der Waals surface area contributed by atoms with Crippen molar-refractivity contribution < 1.29 is 9.18 Å². The van der Waals surface area contributed by atoms with Gasteiger partial charge in [0.1, 0.15) is 17.6 Å². The minimum absolute atomic E-state index is 0.0682. The number of nitrogens with one attached hydrogen (secondary N) is 1. The van der Waals surface area contributed by atoms with E-state index in [4.69, 9.17) is 5.26 Å². The van der Waals surface area contributed by atoms with E-state index in [-0.39, 0.29) is 17.0 Å². The molecule has 0 radical (unpaired) electrons. The average Bonchev–Trinajstić information content (AvgIpc) is 2.76. The second-order valence-electron chi connectivity index (χ2n) is 3.23. The largest absolute Gasteiger partial charge is 0.287 e. The van der Waals surface area contributed by atoms with Gasteiger partial charge < -0.3 is 0 Å². The first-order valence-electron chi connectivity index (χ1n) is 4.57. The maximum atomic E-state index is 13.5. The highest BCUT2D eigenvalue weighted by Gasteiger charge is 2.16. The van der Waals surface area contributed by atoms with Gasteiger partial charge in [0, 0.05) is 10.5 Å². The van der Waals surface area contributed by atoms with E-state index in [1.807, 2.05) is 0 Å². The lowest BCUT2D eigenvalue weighted by atomic mass is 10.1. The van der Waals surface area contributed by atoms with Gasteiger partial charge in [-0.3, -0.25) is 9.89 Å². The molecule has 0 saturated carbocycles. The van der Waals surface area contributed by atoms with Crippen LogP contribution in [0.3, 0.4) is 0 Å². The molecule has 0 amide bonds. The number of hydrogen-bond donors (Lipinski definition) is 1. The van der Waals surface area contributed by atoms with Crippen molar-refractivity contribution in [3.63, 3.8) is 0 Å². The summed E-state index contributed by atoms with van der Waals surface area (Å²) in [5.74, 6) is -1.17. The second kappa shape index (κ2) is 4.47. The van der Waals surface area contributed by atoms with Gasteiger partial charge in [-0.2, -0.15) is 10.4 Å². The number of ketones is 1. The minimum Gasteiger partial charge on any atom is -0.287 e. The third-order valence-corrected chi connectivity index (χ3v) is 2.61. The predicted octanol–water partition coefficient (Wildman–Crippen LogP) is 2.41. The number of aromatic nitrogens is 2. The molecule has 0 bridgehead atoms. The fraction of sp³-hybridized carbons (Fsp3) is 0. The van der Waals surface area contributed by atoms with E-state index in [2.05, 4.69) is 26.1 Å². The monoisotopic (exact) mass is 293 g/mol. The predicted molar refractivity (Wildman–Crippen MR) is 60.8 cm³/mol. The Morgan fingerprint density at radius 3 is 2.82 bits per heavy atom. The number of aromatic amines is 1. The van der Waals surface area contributed by atoms with Crippen LogP contribution < -0.4 is 0 Å². The topological polar surface area (TPSA) is 69.5 Å². The molecule has 0 saturated heterocycles. The maximum Gasteiger partial charge on any atom is 0.213 e. The number of benzene rings is 1. The highest BCUT2D eigenvalue weighted by atomic mass is 79.9. The summed E-state index contributed by atoms with van der Waals surface area (Å²) < 4.78 is 14.1. The number of carbonyl (C=O) groups excluding carboxylic acids is 1. The number of carbonyl (C=O) groups is 1. The Hall–Kier alpha value is -2.00. The lowest BCUT2D eigenvalue weighted by Gasteiger charge is -2.00. The molecule has 0 aliphatic rings. The van der Waals surface area contributed by atoms with E-state index >= 15 is 0 Å². The van der Waals surface area contributed by atoms with Gasteiger partial charge in [0.25, 0.3) is 0 Å². The SMILES string of the molecule is N#Cc1cc(C(=O)c2ccc(Br)cc2F)[nH]n1. The molecule has 0 unspecified atom stereocenters. The molecule has 0 fully saturated rings. The van der Waals surface area contributed by atoms with E-state index in [1.54, 1.807) is 12.1 Å². The van der Waals surface area contributed by atoms with Crippen LogP contribution in [-0.4, -0.2) is 16.0 Å². The Labute approximate surface area is 104 Å². The molecule has 1 aromatic heterocycles. The normalized spacial score (nSPS) is 9.94. The quantitative estimate of drug-likeness (QED) is 0.865. The number of halogens is 2. The van der Waals surface area contributed by atoms with Gasteiger partial charge in [0.05, 0.1) is 5.56 Å². The van der Waals surface area contributed by atoms with Gasteiger partial charge >= 0.3 is 0 Å². The van der Waals surface area contributed by atoms with Crippen LogP contribution in [0, 0.1) is 17.1 Å². The van der Waals surface area contributed by atoms with Crippen LogP contribution >= 0.6 is 15.9 Å². The molecule has 2 aromatic rings. The highest BCUT2D eigenvalue weighted by molar-refractivity contribution is 9.10. The van der Waals surface area contributed by atoms with Crippen molar-refractivity contribution in [1.29, 1.82) is 5.26 Å². The van der Waals surface area contributed by atoms with Crippen LogP contribution in [0.1, 0.15) is 21.7 Å². The van der Waals surface area contributed by atoms with Crippen molar-refractivity contribution >= 4 is 21.7 Å². The molecule has 1 aromatic carbocycles. The second-order valence-corrected chi connectivity index (χ2v) is 4.15. The van der Waals surface area contributed by atoms with Crippen molar-refractivity contribution in [3.05, 3.63) is 51.5 Å². The standard InChI is InChI=1S/C11H5BrFN3O/c12-6-1-2-8(9(13)3-6)11(17)10-4-7(5-14)15-16-10/h1-4H,(H,15,16). The van der Waals surface area contributed by atoms with Crippen LogP contribution in [0.15, 0.2) is 28.7 Å². The van der Waals surface area contributed by atoms with E-state index in [0.717, 1.165) is 0 Å². The van der Waals surface area contributed by atoms with Gasteiger partial charge in [-0.05, 0) is 18.2 Å². The Morgan fingerprint density at radius 2 is 2.24 bits per heavy atom. The molecular weight excluding hydrogens is 289 g/mol. The Morgan fingerprint density at radius 1 is 1.47 bits per heavy atom. The minimum atomic E-state index is -0.627. The lowest BCUT2D eigenvalue weighted by molar-refractivity contribution is 0.103. The molecule has 0 aliphatic carbocycles. The first kappa shape index (κ1) is 11.5. The number of hydrogen-bond acceptors (Lipinski definition) is 3. The van der Waals surface area contributed by atoms with Crippen molar-refractivity contribution in [2.45, 2.75) is 0 Å². The average molecular weight is 294 g/mol. The van der Waals surface area contributed by atoms with E-state index in [1.165, 1.54) is 18.2 Å². The zero-order valence-corrected chi connectivity index (χ0v) is 9.95. The van der Waals surface area contributed by atoms with Crippen LogP contribution in [-0.2, 0) is 0 Å². The summed E-state index contributed by atoms with van der Waals surface area (Å²) >= 11 is 3.10. The number of H-pyrrole nitrogens is 1. The summed E-state index contributed by atoms with van der Waals surface area (Å²) in [6, 6.07) is 7.20. The number of rotatable bonds is 2. The van der Waals surface area contributed by atoms with Crippen LogP contribution in [0.4, 0.5) is 4.39 Å². The molecule has 84 valence electrons. The third kappa shape index (κ3) is 2.24. The summed E-state index contributed by atoms with van der Waals surface area (Å²) in [6.45, 7) is 0. The summed E-state index contributed by atoms with van der Waals surface area (Å²) in [4.78, 5) is 11.9. The third-order valence-electron chi connectivity index (χ3n) is 2.11. The van der Waals surface area contributed by atoms with Crippen LogP contribution in [0.25, 0.3) is 0 Å². The van der Waals surface area contributed by atoms with Crippen LogP contribution in [0.5, 0.6) is 0 Å². The van der Waals surface area contributed by atoms with Crippen LogP contribution in [0.2, 0.25) is 0 Å². The van der Waals surface area contributed by atoms with E-state index < -0.39 is 11.6 Å². The first-order valence-corrected chi connectivity index (χ1v) is 5.36. The number of nitrogens with zero attached hydrogens (tertiary/aromatic N) is 2. The van der Waals surface area contributed by atoms with Gasteiger partial charge in [-0.15, -0.1) is 0 Å². The van der Waals surface area contributed by atoms with Gasteiger partial charge in [-0.1, -0.05) is 15.9 Å². The fourth-order valence-electron chi connectivity index (χ4n) is 1.31. The van der Waals surface area contributed by atoms with Crippen molar-refractivity contribution in [3.8, 4) is 6.07 Å².